The Morgan fingerprint density at radius 1 is 1.46 bits per heavy atom. The van der Waals surface area contributed by atoms with Gasteiger partial charge in [-0.15, -0.1) is 0 Å². The summed E-state index contributed by atoms with van der Waals surface area (Å²) in [5.74, 6) is -0.861. The molecule has 1 aromatic rings. The number of allylic oxidation sites excluding steroid dienone is 2. The Labute approximate surface area is 77.5 Å². The maximum atomic E-state index is 10.8. The fourth-order valence-electron chi connectivity index (χ4n) is 1.15. The van der Waals surface area contributed by atoms with Crippen molar-refractivity contribution in [1.82, 2.24) is 0 Å². The van der Waals surface area contributed by atoms with E-state index in [1.165, 1.54) is 0 Å². The van der Waals surface area contributed by atoms with E-state index in [0.29, 0.717) is 12.0 Å². The molecule has 1 aromatic carbocycles. The second kappa shape index (κ2) is 4.45. The summed E-state index contributed by atoms with van der Waals surface area (Å²) in [5.41, 5.74) is 1.24. The smallest absolute Gasteiger partial charge is 0.335 e. The van der Waals surface area contributed by atoms with Crippen LogP contribution >= 0.6 is 0 Å². The van der Waals surface area contributed by atoms with Gasteiger partial charge in [-0.25, -0.2) is 4.79 Å². The summed E-state index contributed by atoms with van der Waals surface area (Å²) in [7, 11) is 0. The number of rotatable bonds is 3. The molecule has 13 heavy (non-hydrogen) atoms. The van der Waals surface area contributed by atoms with Crippen molar-refractivity contribution in [2.75, 3.05) is 0 Å². The summed E-state index contributed by atoms with van der Waals surface area (Å²) in [5, 5.41) is 8.84. The number of aromatic carboxylic acids is 1. The molecule has 2 nitrogen and oxygen atoms in total. The third-order valence-electron chi connectivity index (χ3n) is 1.82. The zero-order chi connectivity index (χ0) is 9.68. The molecule has 0 bridgehead atoms. The van der Waals surface area contributed by atoms with Crippen LogP contribution in [0, 0.1) is 0 Å². The molecule has 0 saturated carbocycles. The van der Waals surface area contributed by atoms with Gasteiger partial charge in [-0.05, 0) is 25.0 Å². The monoisotopic (exact) mass is 176 g/mol. The van der Waals surface area contributed by atoms with Crippen molar-refractivity contribution in [3.05, 3.63) is 47.5 Å². The standard InChI is InChI=1S/C11H12O2/c1-2-3-6-9-7-4-5-8-10(9)11(12)13/h2-5,7-8H,6H2,1H3,(H,12,13)/b3-2-. The lowest BCUT2D eigenvalue weighted by Crippen LogP contribution is -2.00. The predicted octanol–water partition coefficient (Wildman–Crippen LogP) is 2.50. The van der Waals surface area contributed by atoms with Crippen molar-refractivity contribution < 1.29 is 9.90 Å². The van der Waals surface area contributed by atoms with Gasteiger partial charge in [0.05, 0.1) is 5.56 Å². The van der Waals surface area contributed by atoms with Gasteiger partial charge < -0.3 is 5.11 Å². The van der Waals surface area contributed by atoms with E-state index < -0.39 is 5.97 Å². The Balaban J connectivity index is 2.97. The molecule has 0 aromatic heterocycles. The van der Waals surface area contributed by atoms with E-state index in [2.05, 4.69) is 0 Å². The van der Waals surface area contributed by atoms with Crippen molar-refractivity contribution in [1.29, 1.82) is 0 Å². The van der Waals surface area contributed by atoms with Gasteiger partial charge in [-0.2, -0.15) is 0 Å². The average molecular weight is 176 g/mol. The zero-order valence-electron chi connectivity index (χ0n) is 7.53. The summed E-state index contributed by atoms with van der Waals surface area (Å²) in [6.07, 6.45) is 4.54. The van der Waals surface area contributed by atoms with E-state index in [4.69, 9.17) is 5.11 Å². The highest BCUT2D eigenvalue weighted by Crippen LogP contribution is 2.09. The first-order valence-electron chi connectivity index (χ1n) is 4.18. The van der Waals surface area contributed by atoms with E-state index in [0.717, 1.165) is 5.56 Å². The Bertz CT molecular complexity index is 327. The lowest BCUT2D eigenvalue weighted by Gasteiger charge is -2.01. The van der Waals surface area contributed by atoms with Crippen molar-refractivity contribution in [2.24, 2.45) is 0 Å². The molecular formula is C11H12O2. The molecule has 68 valence electrons. The number of carboxylic acid groups (broad SMARTS) is 1. The van der Waals surface area contributed by atoms with E-state index in [9.17, 15) is 4.79 Å². The second-order valence-electron chi connectivity index (χ2n) is 2.74. The maximum absolute atomic E-state index is 10.8. The van der Waals surface area contributed by atoms with Crippen molar-refractivity contribution >= 4 is 5.97 Å². The molecule has 0 aliphatic heterocycles. The topological polar surface area (TPSA) is 37.3 Å². The van der Waals surface area contributed by atoms with Crippen LogP contribution in [-0.2, 0) is 6.42 Å². The highest BCUT2D eigenvalue weighted by atomic mass is 16.4. The van der Waals surface area contributed by atoms with Crippen LogP contribution in [0.5, 0.6) is 0 Å². The minimum Gasteiger partial charge on any atom is -0.478 e. The number of carbonyl (C=O) groups is 1. The zero-order valence-corrected chi connectivity index (χ0v) is 7.53. The normalized spacial score (nSPS) is 10.5. The first-order valence-corrected chi connectivity index (χ1v) is 4.18. The minimum atomic E-state index is -0.861. The van der Waals surface area contributed by atoms with Gasteiger partial charge in [0.15, 0.2) is 0 Å². The Kier molecular flexibility index (Phi) is 3.26. The largest absolute Gasteiger partial charge is 0.478 e. The summed E-state index contributed by atoms with van der Waals surface area (Å²) in [4.78, 5) is 10.8. The van der Waals surface area contributed by atoms with Crippen molar-refractivity contribution in [3.8, 4) is 0 Å². The highest BCUT2D eigenvalue weighted by molar-refractivity contribution is 5.89. The third kappa shape index (κ3) is 2.44. The molecule has 0 saturated heterocycles. The third-order valence-corrected chi connectivity index (χ3v) is 1.82. The fourth-order valence-corrected chi connectivity index (χ4v) is 1.15. The molecule has 1 rings (SSSR count). The van der Waals surface area contributed by atoms with Crippen molar-refractivity contribution in [2.45, 2.75) is 13.3 Å². The van der Waals surface area contributed by atoms with Gasteiger partial charge in [0.1, 0.15) is 0 Å². The molecule has 0 unspecified atom stereocenters. The van der Waals surface area contributed by atoms with Crippen LogP contribution in [0.3, 0.4) is 0 Å². The highest BCUT2D eigenvalue weighted by Gasteiger charge is 2.06. The number of hydrogen-bond acceptors (Lipinski definition) is 1. The van der Waals surface area contributed by atoms with Gasteiger partial charge in [0.2, 0.25) is 0 Å². The quantitative estimate of drug-likeness (QED) is 0.718. The Hall–Kier alpha value is -1.57. The first kappa shape index (κ1) is 9.52. The molecule has 0 heterocycles. The van der Waals surface area contributed by atoms with E-state index in [1.54, 1.807) is 12.1 Å². The number of hydrogen-bond donors (Lipinski definition) is 1. The molecular weight excluding hydrogens is 164 g/mol. The fraction of sp³-hybridized carbons (Fsp3) is 0.182. The Morgan fingerprint density at radius 2 is 2.15 bits per heavy atom. The molecule has 1 N–H and O–H groups in total. The molecule has 0 aliphatic rings. The lowest BCUT2D eigenvalue weighted by atomic mass is 10.0. The van der Waals surface area contributed by atoms with Crippen LogP contribution in [0.4, 0.5) is 0 Å². The molecule has 0 radical (unpaired) electrons. The molecule has 0 fully saturated rings. The molecule has 0 amide bonds. The number of carboxylic acids is 1. The number of benzene rings is 1. The molecule has 0 aliphatic carbocycles. The van der Waals surface area contributed by atoms with Crippen LogP contribution in [0.1, 0.15) is 22.8 Å². The van der Waals surface area contributed by atoms with Crippen LogP contribution < -0.4 is 0 Å². The van der Waals surface area contributed by atoms with Crippen LogP contribution in [-0.4, -0.2) is 11.1 Å². The molecule has 0 spiro atoms. The summed E-state index contributed by atoms with van der Waals surface area (Å²) < 4.78 is 0. The summed E-state index contributed by atoms with van der Waals surface area (Å²) in [6.45, 7) is 1.92. The van der Waals surface area contributed by atoms with Gasteiger partial charge in [-0.3, -0.25) is 0 Å². The Morgan fingerprint density at radius 3 is 2.77 bits per heavy atom. The van der Waals surface area contributed by atoms with E-state index in [1.807, 2.05) is 31.2 Å². The van der Waals surface area contributed by atoms with Gasteiger partial charge >= 0.3 is 5.97 Å². The molecule has 2 heteroatoms. The van der Waals surface area contributed by atoms with Crippen LogP contribution in [0.15, 0.2) is 36.4 Å². The van der Waals surface area contributed by atoms with Crippen LogP contribution in [0.2, 0.25) is 0 Å². The molecule has 0 atom stereocenters. The second-order valence-corrected chi connectivity index (χ2v) is 2.74. The van der Waals surface area contributed by atoms with E-state index in [-0.39, 0.29) is 0 Å². The van der Waals surface area contributed by atoms with Gasteiger partial charge in [0, 0.05) is 0 Å². The van der Waals surface area contributed by atoms with Crippen LogP contribution in [0.25, 0.3) is 0 Å². The van der Waals surface area contributed by atoms with E-state index >= 15 is 0 Å². The average Bonchev–Trinajstić information content (AvgIpc) is 2.15. The SMILES string of the molecule is C/C=C\Cc1ccccc1C(=O)O. The minimum absolute atomic E-state index is 0.389. The van der Waals surface area contributed by atoms with Gasteiger partial charge in [0.25, 0.3) is 0 Å². The predicted molar refractivity (Wildman–Crippen MR) is 51.9 cm³/mol. The maximum Gasteiger partial charge on any atom is 0.335 e. The lowest BCUT2D eigenvalue weighted by molar-refractivity contribution is 0.0696. The first-order chi connectivity index (χ1) is 6.25. The summed E-state index contributed by atoms with van der Waals surface area (Å²) in [6, 6.07) is 7.05. The summed E-state index contributed by atoms with van der Waals surface area (Å²) >= 11 is 0. The van der Waals surface area contributed by atoms with Gasteiger partial charge in [-0.1, -0.05) is 30.4 Å². The van der Waals surface area contributed by atoms with Crippen molar-refractivity contribution in [3.63, 3.8) is 0 Å².